The van der Waals surface area contributed by atoms with Crippen molar-refractivity contribution in [2.45, 2.75) is 18.4 Å². The lowest BCUT2D eigenvalue weighted by atomic mass is 9.88. The van der Waals surface area contributed by atoms with Gasteiger partial charge in [0.05, 0.1) is 12.1 Å². The summed E-state index contributed by atoms with van der Waals surface area (Å²) in [6, 6.07) is 6.07. The maximum absolute atomic E-state index is 6.19. The standard InChI is InChI=1S/C14H21ClN2O/c1-17(2)14(6-7-16-10-14)9-11-4-5-13(18-3)12(15)8-11/h4-5,8,16H,6-7,9-10H2,1-3H3. The molecule has 0 radical (unpaired) electrons. The van der Waals surface area contributed by atoms with Crippen LogP contribution in [-0.2, 0) is 6.42 Å². The third kappa shape index (κ3) is 2.63. The van der Waals surface area contributed by atoms with Gasteiger partial charge in [-0.05, 0) is 51.2 Å². The lowest BCUT2D eigenvalue weighted by molar-refractivity contribution is 0.172. The number of benzene rings is 1. The fraction of sp³-hybridized carbons (Fsp3) is 0.571. The second kappa shape index (κ2) is 5.47. The molecule has 1 aliphatic heterocycles. The predicted molar refractivity (Wildman–Crippen MR) is 75.6 cm³/mol. The number of ether oxygens (including phenoxy) is 1. The summed E-state index contributed by atoms with van der Waals surface area (Å²) in [5.74, 6) is 0.740. The number of nitrogens with one attached hydrogen (secondary N) is 1. The molecule has 0 bridgehead atoms. The highest BCUT2D eigenvalue weighted by molar-refractivity contribution is 6.32. The summed E-state index contributed by atoms with van der Waals surface area (Å²) >= 11 is 6.19. The van der Waals surface area contributed by atoms with Crippen LogP contribution in [0.1, 0.15) is 12.0 Å². The van der Waals surface area contributed by atoms with Crippen LogP contribution in [0.25, 0.3) is 0 Å². The molecule has 1 unspecified atom stereocenters. The predicted octanol–water partition coefficient (Wildman–Crippen LogP) is 2.18. The average Bonchev–Trinajstić information content (AvgIpc) is 2.79. The van der Waals surface area contributed by atoms with Crippen molar-refractivity contribution in [1.82, 2.24) is 10.2 Å². The molecule has 4 heteroatoms. The van der Waals surface area contributed by atoms with Crippen LogP contribution in [0.4, 0.5) is 0 Å². The van der Waals surface area contributed by atoms with Gasteiger partial charge in [-0.25, -0.2) is 0 Å². The molecular weight excluding hydrogens is 248 g/mol. The SMILES string of the molecule is COc1ccc(CC2(N(C)C)CCNC2)cc1Cl. The van der Waals surface area contributed by atoms with Gasteiger partial charge in [0.1, 0.15) is 5.75 Å². The summed E-state index contributed by atoms with van der Waals surface area (Å²) < 4.78 is 5.19. The minimum Gasteiger partial charge on any atom is -0.495 e. The molecule has 1 saturated heterocycles. The third-order valence-electron chi connectivity index (χ3n) is 3.92. The lowest BCUT2D eigenvalue weighted by Crippen LogP contribution is -2.47. The molecule has 1 aliphatic rings. The van der Waals surface area contributed by atoms with Crippen molar-refractivity contribution in [2.24, 2.45) is 0 Å². The third-order valence-corrected chi connectivity index (χ3v) is 4.21. The smallest absolute Gasteiger partial charge is 0.137 e. The summed E-state index contributed by atoms with van der Waals surface area (Å²) in [6.45, 7) is 2.12. The summed E-state index contributed by atoms with van der Waals surface area (Å²) in [5.41, 5.74) is 1.47. The van der Waals surface area contributed by atoms with Gasteiger partial charge in [0.25, 0.3) is 0 Å². The topological polar surface area (TPSA) is 24.5 Å². The normalized spacial score (nSPS) is 23.6. The number of halogens is 1. The van der Waals surface area contributed by atoms with Crippen molar-refractivity contribution in [3.05, 3.63) is 28.8 Å². The van der Waals surface area contributed by atoms with Crippen LogP contribution in [0.3, 0.4) is 0 Å². The van der Waals surface area contributed by atoms with E-state index in [9.17, 15) is 0 Å². The highest BCUT2D eigenvalue weighted by Crippen LogP contribution is 2.30. The van der Waals surface area contributed by atoms with Gasteiger partial charge in [-0.15, -0.1) is 0 Å². The number of hydrogen-bond donors (Lipinski definition) is 1. The molecule has 0 aliphatic carbocycles. The van der Waals surface area contributed by atoms with Crippen LogP contribution in [0, 0.1) is 0 Å². The van der Waals surface area contributed by atoms with Gasteiger partial charge in [0.2, 0.25) is 0 Å². The van der Waals surface area contributed by atoms with Gasteiger partial charge in [-0.3, -0.25) is 0 Å². The quantitative estimate of drug-likeness (QED) is 0.906. The second-order valence-electron chi connectivity index (χ2n) is 5.19. The molecule has 1 atom stereocenters. The maximum atomic E-state index is 6.19. The van der Waals surface area contributed by atoms with Crippen LogP contribution in [0.2, 0.25) is 5.02 Å². The van der Waals surface area contributed by atoms with E-state index in [1.54, 1.807) is 7.11 Å². The van der Waals surface area contributed by atoms with Gasteiger partial charge >= 0.3 is 0 Å². The van der Waals surface area contributed by atoms with Crippen LogP contribution >= 0.6 is 11.6 Å². The van der Waals surface area contributed by atoms with E-state index in [-0.39, 0.29) is 5.54 Å². The number of likely N-dealkylation sites (N-methyl/N-ethyl adjacent to an activating group) is 1. The van der Waals surface area contributed by atoms with Crippen LogP contribution < -0.4 is 10.1 Å². The minimum atomic E-state index is 0.206. The Kier molecular flexibility index (Phi) is 4.15. The zero-order valence-corrected chi connectivity index (χ0v) is 12.0. The van der Waals surface area contributed by atoms with Gasteiger partial charge in [0, 0.05) is 12.1 Å². The summed E-state index contributed by atoms with van der Waals surface area (Å²) in [4.78, 5) is 2.32. The van der Waals surface area contributed by atoms with E-state index in [0.29, 0.717) is 5.02 Å². The monoisotopic (exact) mass is 268 g/mol. The highest BCUT2D eigenvalue weighted by Gasteiger charge is 2.35. The molecule has 0 saturated carbocycles. The van der Waals surface area contributed by atoms with Crippen LogP contribution in [0.15, 0.2) is 18.2 Å². The number of hydrogen-bond acceptors (Lipinski definition) is 3. The zero-order valence-electron chi connectivity index (χ0n) is 11.3. The Morgan fingerprint density at radius 1 is 1.44 bits per heavy atom. The van der Waals surface area contributed by atoms with Gasteiger partial charge in [-0.2, -0.15) is 0 Å². The fourth-order valence-electron chi connectivity index (χ4n) is 2.62. The molecule has 1 heterocycles. The Balaban J connectivity index is 2.19. The molecule has 3 nitrogen and oxygen atoms in total. The van der Waals surface area contributed by atoms with Gasteiger partial charge in [-0.1, -0.05) is 17.7 Å². The molecule has 1 N–H and O–H groups in total. The van der Waals surface area contributed by atoms with Crippen LogP contribution in [-0.4, -0.2) is 44.7 Å². The molecule has 2 rings (SSSR count). The van der Waals surface area contributed by atoms with Gasteiger partial charge in [0.15, 0.2) is 0 Å². The van der Waals surface area contributed by atoms with E-state index in [2.05, 4.69) is 30.4 Å². The zero-order chi connectivity index (χ0) is 13.2. The summed E-state index contributed by atoms with van der Waals surface area (Å²) in [6.07, 6.45) is 2.18. The molecule has 1 aromatic carbocycles. The largest absolute Gasteiger partial charge is 0.495 e. The Labute approximate surface area is 114 Å². The Hall–Kier alpha value is -0.770. The first-order chi connectivity index (χ1) is 8.57. The molecule has 0 aromatic heterocycles. The minimum absolute atomic E-state index is 0.206. The van der Waals surface area contributed by atoms with E-state index < -0.39 is 0 Å². The van der Waals surface area contributed by atoms with E-state index in [4.69, 9.17) is 16.3 Å². The molecule has 0 spiro atoms. The maximum Gasteiger partial charge on any atom is 0.137 e. The van der Waals surface area contributed by atoms with E-state index in [1.807, 2.05) is 12.1 Å². The number of methoxy groups -OCH3 is 1. The first-order valence-corrected chi connectivity index (χ1v) is 6.66. The number of nitrogens with zero attached hydrogens (tertiary/aromatic N) is 1. The van der Waals surface area contributed by atoms with Crippen LogP contribution in [0.5, 0.6) is 5.75 Å². The first-order valence-electron chi connectivity index (χ1n) is 6.28. The first kappa shape index (κ1) is 13.7. The molecule has 100 valence electrons. The lowest BCUT2D eigenvalue weighted by Gasteiger charge is -2.36. The van der Waals surface area contributed by atoms with Crippen molar-refractivity contribution in [3.8, 4) is 5.75 Å². The van der Waals surface area contributed by atoms with Crippen molar-refractivity contribution in [2.75, 3.05) is 34.3 Å². The van der Waals surface area contributed by atoms with E-state index in [0.717, 1.165) is 25.3 Å². The van der Waals surface area contributed by atoms with E-state index in [1.165, 1.54) is 12.0 Å². The van der Waals surface area contributed by atoms with Crippen molar-refractivity contribution >= 4 is 11.6 Å². The second-order valence-corrected chi connectivity index (χ2v) is 5.60. The van der Waals surface area contributed by atoms with Crippen molar-refractivity contribution < 1.29 is 4.74 Å². The Morgan fingerprint density at radius 3 is 2.72 bits per heavy atom. The molecule has 18 heavy (non-hydrogen) atoms. The van der Waals surface area contributed by atoms with Crippen molar-refractivity contribution in [3.63, 3.8) is 0 Å². The van der Waals surface area contributed by atoms with Gasteiger partial charge < -0.3 is 15.0 Å². The molecule has 1 fully saturated rings. The summed E-state index contributed by atoms with van der Waals surface area (Å²) in [7, 11) is 5.94. The van der Waals surface area contributed by atoms with E-state index >= 15 is 0 Å². The average molecular weight is 269 g/mol. The molecule has 1 aromatic rings. The number of rotatable bonds is 4. The Bertz CT molecular complexity index is 414. The molecular formula is C14H21ClN2O. The summed E-state index contributed by atoms with van der Waals surface area (Å²) in [5, 5.41) is 4.14. The highest BCUT2D eigenvalue weighted by atomic mass is 35.5. The van der Waals surface area contributed by atoms with Crippen molar-refractivity contribution in [1.29, 1.82) is 0 Å². The fourth-order valence-corrected chi connectivity index (χ4v) is 2.90. The molecule has 0 amide bonds. The Morgan fingerprint density at radius 2 is 2.22 bits per heavy atom.